The van der Waals surface area contributed by atoms with E-state index in [1.165, 1.54) is 12.1 Å². The maximum absolute atomic E-state index is 13.1. The van der Waals surface area contributed by atoms with Gasteiger partial charge in [0.1, 0.15) is 5.82 Å². The molecule has 0 radical (unpaired) electrons. The molecule has 1 aliphatic rings. The first-order chi connectivity index (χ1) is 9.61. The van der Waals surface area contributed by atoms with E-state index >= 15 is 0 Å². The van der Waals surface area contributed by atoms with Gasteiger partial charge in [-0.05, 0) is 37.5 Å². The summed E-state index contributed by atoms with van der Waals surface area (Å²) in [4.78, 5) is 2.39. The third kappa shape index (κ3) is 3.78. The lowest BCUT2D eigenvalue weighted by molar-refractivity contribution is 0.0575. The minimum Gasteiger partial charge on any atom is -0.377 e. The Morgan fingerprint density at radius 3 is 2.75 bits per heavy atom. The summed E-state index contributed by atoms with van der Waals surface area (Å²) in [5.41, 5.74) is 7.43. The number of hydrogen-bond acceptors (Lipinski definition) is 3. The van der Waals surface area contributed by atoms with Crippen molar-refractivity contribution in [2.75, 3.05) is 19.7 Å². The SMILES string of the molecule is CCC(N)C(c1ccc(F)cc1)N1CCCOC(C)C1. The van der Waals surface area contributed by atoms with E-state index in [0.29, 0.717) is 0 Å². The van der Waals surface area contributed by atoms with Crippen molar-refractivity contribution >= 4 is 0 Å². The van der Waals surface area contributed by atoms with E-state index in [1.54, 1.807) is 0 Å². The van der Waals surface area contributed by atoms with Gasteiger partial charge in [0.15, 0.2) is 0 Å². The number of halogens is 1. The van der Waals surface area contributed by atoms with Gasteiger partial charge in [-0.1, -0.05) is 19.1 Å². The van der Waals surface area contributed by atoms with Crippen LogP contribution in [0.5, 0.6) is 0 Å². The summed E-state index contributed by atoms with van der Waals surface area (Å²) in [6.07, 6.45) is 2.12. The summed E-state index contributed by atoms with van der Waals surface area (Å²) in [7, 11) is 0. The minimum atomic E-state index is -0.204. The summed E-state index contributed by atoms with van der Waals surface area (Å²) < 4.78 is 18.8. The molecular formula is C16H25FN2O. The van der Waals surface area contributed by atoms with Gasteiger partial charge in [-0.15, -0.1) is 0 Å². The second-order valence-electron chi connectivity index (χ2n) is 5.60. The van der Waals surface area contributed by atoms with Crippen LogP contribution in [0.25, 0.3) is 0 Å². The zero-order valence-electron chi connectivity index (χ0n) is 12.4. The zero-order valence-corrected chi connectivity index (χ0v) is 12.4. The Morgan fingerprint density at radius 2 is 2.10 bits per heavy atom. The van der Waals surface area contributed by atoms with E-state index in [4.69, 9.17) is 10.5 Å². The molecule has 0 saturated carbocycles. The number of rotatable bonds is 4. The maximum atomic E-state index is 13.1. The molecule has 1 fully saturated rings. The van der Waals surface area contributed by atoms with Crippen LogP contribution in [0, 0.1) is 5.82 Å². The Hall–Kier alpha value is -0.970. The van der Waals surface area contributed by atoms with Crippen LogP contribution in [0.15, 0.2) is 24.3 Å². The summed E-state index contributed by atoms with van der Waals surface area (Å²) in [6, 6.07) is 6.92. The molecular weight excluding hydrogens is 255 g/mol. The second-order valence-corrected chi connectivity index (χ2v) is 5.60. The molecule has 0 amide bonds. The van der Waals surface area contributed by atoms with E-state index in [-0.39, 0.29) is 24.0 Å². The molecule has 3 nitrogen and oxygen atoms in total. The van der Waals surface area contributed by atoms with Crippen LogP contribution < -0.4 is 5.73 Å². The first-order valence-corrected chi connectivity index (χ1v) is 7.48. The first kappa shape index (κ1) is 15.4. The summed E-state index contributed by atoms with van der Waals surface area (Å²) in [6.45, 7) is 6.83. The smallest absolute Gasteiger partial charge is 0.123 e. The monoisotopic (exact) mass is 280 g/mol. The number of nitrogens with two attached hydrogens (primary N) is 1. The fourth-order valence-electron chi connectivity index (χ4n) is 2.89. The molecule has 0 spiro atoms. The molecule has 1 aromatic rings. The van der Waals surface area contributed by atoms with Crippen LogP contribution in [0.1, 0.15) is 38.3 Å². The number of benzene rings is 1. The van der Waals surface area contributed by atoms with Gasteiger partial charge in [0.05, 0.1) is 6.10 Å². The van der Waals surface area contributed by atoms with Crippen LogP contribution in [-0.2, 0) is 4.74 Å². The van der Waals surface area contributed by atoms with Crippen molar-refractivity contribution < 1.29 is 9.13 Å². The van der Waals surface area contributed by atoms with Crippen LogP contribution in [0.4, 0.5) is 4.39 Å². The van der Waals surface area contributed by atoms with E-state index in [9.17, 15) is 4.39 Å². The number of ether oxygens (including phenoxy) is 1. The van der Waals surface area contributed by atoms with Crippen molar-refractivity contribution in [1.29, 1.82) is 0 Å². The van der Waals surface area contributed by atoms with Gasteiger partial charge in [-0.2, -0.15) is 0 Å². The zero-order chi connectivity index (χ0) is 14.5. The van der Waals surface area contributed by atoms with Crippen LogP contribution >= 0.6 is 0 Å². The van der Waals surface area contributed by atoms with Crippen molar-refractivity contribution in [2.45, 2.75) is 44.9 Å². The molecule has 1 aromatic carbocycles. The molecule has 1 saturated heterocycles. The molecule has 1 heterocycles. The largest absolute Gasteiger partial charge is 0.377 e. The highest BCUT2D eigenvalue weighted by Gasteiger charge is 2.28. The lowest BCUT2D eigenvalue weighted by Crippen LogP contribution is -2.43. The average molecular weight is 280 g/mol. The fourth-order valence-corrected chi connectivity index (χ4v) is 2.89. The number of nitrogens with zero attached hydrogens (tertiary/aromatic N) is 1. The molecule has 112 valence electrons. The molecule has 2 N–H and O–H groups in total. The lowest BCUT2D eigenvalue weighted by Gasteiger charge is -2.35. The van der Waals surface area contributed by atoms with Gasteiger partial charge < -0.3 is 10.5 Å². The summed E-state index contributed by atoms with van der Waals surface area (Å²) in [5, 5.41) is 0. The Bertz CT molecular complexity index is 409. The third-order valence-electron chi connectivity index (χ3n) is 3.97. The van der Waals surface area contributed by atoms with Gasteiger partial charge in [0.2, 0.25) is 0 Å². The normalized spacial score (nSPS) is 24.1. The van der Waals surface area contributed by atoms with Gasteiger partial charge in [-0.3, -0.25) is 4.90 Å². The van der Waals surface area contributed by atoms with Crippen LogP contribution in [-0.4, -0.2) is 36.7 Å². The number of hydrogen-bond donors (Lipinski definition) is 1. The highest BCUT2D eigenvalue weighted by atomic mass is 19.1. The van der Waals surface area contributed by atoms with Gasteiger partial charge >= 0.3 is 0 Å². The third-order valence-corrected chi connectivity index (χ3v) is 3.97. The molecule has 20 heavy (non-hydrogen) atoms. The topological polar surface area (TPSA) is 38.5 Å². The van der Waals surface area contributed by atoms with E-state index < -0.39 is 0 Å². The van der Waals surface area contributed by atoms with Crippen molar-refractivity contribution in [3.8, 4) is 0 Å². The fraction of sp³-hybridized carbons (Fsp3) is 0.625. The van der Waals surface area contributed by atoms with E-state index in [2.05, 4.69) is 18.7 Å². The Morgan fingerprint density at radius 1 is 1.40 bits per heavy atom. The highest BCUT2D eigenvalue weighted by molar-refractivity contribution is 5.22. The van der Waals surface area contributed by atoms with Crippen molar-refractivity contribution in [2.24, 2.45) is 5.73 Å². The highest BCUT2D eigenvalue weighted by Crippen LogP contribution is 2.27. The molecule has 4 heteroatoms. The molecule has 2 rings (SSSR count). The van der Waals surface area contributed by atoms with Crippen LogP contribution in [0.3, 0.4) is 0 Å². The predicted molar refractivity (Wildman–Crippen MR) is 79.0 cm³/mol. The second kappa shape index (κ2) is 7.16. The van der Waals surface area contributed by atoms with Crippen molar-refractivity contribution in [3.05, 3.63) is 35.6 Å². The molecule has 0 aliphatic carbocycles. The first-order valence-electron chi connectivity index (χ1n) is 7.48. The van der Waals surface area contributed by atoms with Crippen molar-refractivity contribution in [1.82, 2.24) is 4.90 Å². The summed E-state index contributed by atoms with van der Waals surface area (Å²) >= 11 is 0. The lowest BCUT2D eigenvalue weighted by atomic mass is 9.95. The quantitative estimate of drug-likeness (QED) is 0.921. The Labute approximate surface area is 120 Å². The van der Waals surface area contributed by atoms with Gasteiger partial charge in [0, 0.05) is 31.8 Å². The maximum Gasteiger partial charge on any atom is 0.123 e. The Balaban J connectivity index is 2.24. The standard InChI is InChI=1S/C16H25FN2O/c1-3-15(18)16(13-5-7-14(17)8-6-13)19-9-4-10-20-12(2)11-19/h5-8,12,15-16H,3-4,9-11,18H2,1-2H3. The van der Waals surface area contributed by atoms with Crippen molar-refractivity contribution in [3.63, 3.8) is 0 Å². The van der Waals surface area contributed by atoms with E-state index in [0.717, 1.165) is 38.1 Å². The van der Waals surface area contributed by atoms with Gasteiger partial charge in [0.25, 0.3) is 0 Å². The molecule has 3 unspecified atom stereocenters. The van der Waals surface area contributed by atoms with E-state index in [1.807, 2.05) is 12.1 Å². The molecule has 0 aromatic heterocycles. The minimum absolute atomic E-state index is 0.0470. The predicted octanol–water partition coefficient (Wildman–Crippen LogP) is 2.71. The molecule has 3 atom stereocenters. The molecule has 1 aliphatic heterocycles. The van der Waals surface area contributed by atoms with Gasteiger partial charge in [-0.25, -0.2) is 4.39 Å². The average Bonchev–Trinajstić information content (AvgIpc) is 2.65. The van der Waals surface area contributed by atoms with Crippen LogP contribution in [0.2, 0.25) is 0 Å². The summed E-state index contributed by atoms with van der Waals surface area (Å²) in [5.74, 6) is -0.204. The molecule has 0 bridgehead atoms. The Kier molecular flexibility index (Phi) is 5.52.